The van der Waals surface area contributed by atoms with Crippen molar-refractivity contribution in [1.29, 1.82) is 0 Å². The fourth-order valence-electron chi connectivity index (χ4n) is 4.04. The zero-order valence-electron chi connectivity index (χ0n) is 16.9. The molecule has 0 saturated carbocycles. The topological polar surface area (TPSA) is 45.7 Å². The molecule has 1 aliphatic carbocycles. The van der Waals surface area contributed by atoms with Gasteiger partial charge in [0.05, 0.1) is 0 Å². The van der Waals surface area contributed by atoms with Crippen molar-refractivity contribution in [3.05, 3.63) is 65.5 Å². The van der Waals surface area contributed by atoms with E-state index < -0.39 is 0 Å². The molecule has 2 aliphatic rings. The minimum atomic E-state index is 0.0749. The number of carbonyl (C=O) groups is 1. The standard InChI is InChI=1S/C24H29N3O2/c28-24(19-29-23-12-13-25-22-11-5-4-10-21(22)23)27-17-15-26(16-18-27)14-6-9-20-7-2-1-3-8-20/h1-3,6-9,12-13H,4-5,10-11,14-19H2/b9-6+. The molecule has 1 saturated heterocycles. The molecule has 0 radical (unpaired) electrons. The van der Waals surface area contributed by atoms with E-state index in [1.54, 1.807) is 6.20 Å². The zero-order chi connectivity index (χ0) is 19.9. The molecule has 1 aliphatic heterocycles. The molecule has 5 nitrogen and oxygen atoms in total. The summed E-state index contributed by atoms with van der Waals surface area (Å²) in [6, 6.07) is 12.2. The summed E-state index contributed by atoms with van der Waals surface area (Å²) in [6.45, 7) is 4.34. The highest BCUT2D eigenvalue weighted by atomic mass is 16.5. The molecule has 1 fully saturated rings. The Hall–Kier alpha value is -2.66. The van der Waals surface area contributed by atoms with E-state index in [9.17, 15) is 4.79 Å². The first-order valence-corrected chi connectivity index (χ1v) is 10.6. The van der Waals surface area contributed by atoms with Crippen LogP contribution >= 0.6 is 0 Å². The SMILES string of the molecule is O=C(COc1ccnc2c1CCCC2)N1CCN(C/C=C/c2ccccc2)CC1. The molecule has 0 unspecified atom stereocenters. The molecule has 0 spiro atoms. The van der Waals surface area contributed by atoms with Crippen molar-refractivity contribution in [3.8, 4) is 5.75 Å². The average molecular weight is 392 g/mol. The molecule has 1 aromatic heterocycles. The Morgan fingerprint density at radius 1 is 1.03 bits per heavy atom. The molecular formula is C24H29N3O2. The van der Waals surface area contributed by atoms with Crippen molar-refractivity contribution in [2.45, 2.75) is 25.7 Å². The Morgan fingerprint density at radius 2 is 1.83 bits per heavy atom. The Morgan fingerprint density at radius 3 is 2.66 bits per heavy atom. The minimum absolute atomic E-state index is 0.0749. The second-order valence-corrected chi connectivity index (χ2v) is 7.72. The average Bonchev–Trinajstić information content (AvgIpc) is 2.78. The number of ether oxygens (including phenoxy) is 1. The lowest BCUT2D eigenvalue weighted by Crippen LogP contribution is -2.49. The fraction of sp³-hybridized carbons (Fsp3) is 0.417. The summed E-state index contributed by atoms with van der Waals surface area (Å²) in [5, 5.41) is 0. The first-order valence-electron chi connectivity index (χ1n) is 10.6. The lowest BCUT2D eigenvalue weighted by molar-refractivity contribution is -0.135. The third-order valence-corrected chi connectivity index (χ3v) is 5.74. The highest BCUT2D eigenvalue weighted by Crippen LogP contribution is 2.27. The monoisotopic (exact) mass is 391 g/mol. The van der Waals surface area contributed by atoms with Gasteiger partial charge in [0, 0.05) is 50.2 Å². The van der Waals surface area contributed by atoms with E-state index >= 15 is 0 Å². The quantitative estimate of drug-likeness (QED) is 0.759. The summed E-state index contributed by atoms with van der Waals surface area (Å²) in [5.74, 6) is 0.915. The number of fused-ring (bicyclic) bond motifs is 1. The number of aromatic nitrogens is 1. The van der Waals surface area contributed by atoms with Crippen LogP contribution in [0.15, 0.2) is 48.7 Å². The van der Waals surface area contributed by atoms with Crippen LogP contribution in [0.25, 0.3) is 6.08 Å². The summed E-state index contributed by atoms with van der Waals surface area (Å²) < 4.78 is 5.90. The Kier molecular flexibility index (Phi) is 6.57. The summed E-state index contributed by atoms with van der Waals surface area (Å²) in [6.07, 6.45) is 10.5. The van der Waals surface area contributed by atoms with Crippen LogP contribution in [0.4, 0.5) is 0 Å². The van der Waals surface area contributed by atoms with E-state index in [4.69, 9.17) is 4.74 Å². The number of hydrogen-bond acceptors (Lipinski definition) is 4. The van der Waals surface area contributed by atoms with Gasteiger partial charge in [0.1, 0.15) is 5.75 Å². The molecule has 1 amide bonds. The number of benzene rings is 1. The maximum absolute atomic E-state index is 12.6. The molecule has 152 valence electrons. The first-order chi connectivity index (χ1) is 14.3. The van der Waals surface area contributed by atoms with Gasteiger partial charge in [0.15, 0.2) is 6.61 Å². The van der Waals surface area contributed by atoms with Crippen LogP contribution in [0, 0.1) is 0 Å². The Bertz CT molecular complexity index is 842. The molecule has 4 rings (SSSR count). The predicted molar refractivity (Wildman–Crippen MR) is 115 cm³/mol. The van der Waals surface area contributed by atoms with Gasteiger partial charge >= 0.3 is 0 Å². The molecular weight excluding hydrogens is 362 g/mol. The first kappa shape index (κ1) is 19.6. The highest BCUT2D eigenvalue weighted by molar-refractivity contribution is 5.78. The van der Waals surface area contributed by atoms with Crippen LogP contribution in [-0.2, 0) is 17.6 Å². The second kappa shape index (κ2) is 9.70. The van der Waals surface area contributed by atoms with E-state index in [0.29, 0.717) is 0 Å². The van der Waals surface area contributed by atoms with Crippen LogP contribution in [-0.4, -0.2) is 60.0 Å². The van der Waals surface area contributed by atoms with Gasteiger partial charge in [0.2, 0.25) is 0 Å². The minimum Gasteiger partial charge on any atom is -0.483 e. The molecule has 5 heteroatoms. The zero-order valence-corrected chi connectivity index (χ0v) is 16.9. The largest absolute Gasteiger partial charge is 0.483 e. The van der Waals surface area contributed by atoms with Crippen LogP contribution in [0.3, 0.4) is 0 Å². The lowest BCUT2D eigenvalue weighted by Gasteiger charge is -2.34. The van der Waals surface area contributed by atoms with E-state index in [1.165, 1.54) is 24.0 Å². The third-order valence-electron chi connectivity index (χ3n) is 5.74. The van der Waals surface area contributed by atoms with Gasteiger partial charge in [-0.25, -0.2) is 0 Å². The van der Waals surface area contributed by atoms with Crippen molar-refractivity contribution >= 4 is 12.0 Å². The van der Waals surface area contributed by atoms with Crippen molar-refractivity contribution in [1.82, 2.24) is 14.8 Å². The predicted octanol–water partition coefficient (Wildman–Crippen LogP) is 3.20. The molecule has 0 bridgehead atoms. The molecule has 2 heterocycles. The number of amides is 1. The molecule has 29 heavy (non-hydrogen) atoms. The van der Waals surface area contributed by atoms with Crippen molar-refractivity contribution < 1.29 is 9.53 Å². The highest BCUT2D eigenvalue weighted by Gasteiger charge is 2.22. The van der Waals surface area contributed by atoms with E-state index in [2.05, 4.69) is 34.2 Å². The van der Waals surface area contributed by atoms with Crippen molar-refractivity contribution in [2.24, 2.45) is 0 Å². The Balaban J connectivity index is 1.22. The fourth-order valence-corrected chi connectivity index (χ4v) is 4.04. The normalized spacial score (nSPS) is 17.3. The number of nitrogens with zero attached hydrogens (tertiary/aromatic N) is 3. The van der Waals surface area contributed by atoms with Crippen molar-refractivity contribution in [2.75, 3.05) is 39.3 Å². The number of aryl methyl sites for hydroxylation is 1. The van der Waals surface area contributed by atoms with Gasteiger partial charge in [-0.05, 0) is 37.3 Å². The van der Waals surface area contributed by atoms with Crippen LogP contribution in [0.1, 0.15) is 29.7 Å². The van der Waals surface area contributed by atoms with Crippen molar-refractivity contribution in [3.63, 3.8) is 0 Å². The van der Waals surface area contributed by atoms with Gasteiger partial charge in [-0.2, -0.15) is 0 Å². The van der Waals surface area contributed by atoms with Gasteiger partial charge < -0.3 is 9.64 Å². The van der Waals surface area contributed by atoms with E-state index in [0.717, 1.165) is 57.0 Å². The summed E-state index contributed by atoms with van der Waals surface area (Å²) in [4.78, 5) is 21.4. The smallest absolute Gasteiger partial charge is 0.260 e. The summed E-state index contributed by atoms with van der Waals surface area (Å²) in [7, 11) is 0. The third kappa shape index (κ3) is 5.24. The molecule has 2 aromatic rings. The van der Waals surface area contributed by atoms with Gasteiger partial charge in [0.25, 0.3) is 5.91 Å². The summed E-state index contributed by atoms with van der Waals surface area (Å²) in [5.41, 5.74) is 3.55. The number of carbonyl (C=O) groups excluding carboxylic acids is 1. The van der Waals surface area contributed by atoms with Gasteiger partial charge in [-0.1, -0.05) is 42.5 Å². The van der Waals surface area contributed by atoms with Crippen LogP contribution in [0.5, 0.6) is 5.75 Å². The van der Waals surface area contributed by atoms with E-state index in [-0.39, 0.29) is 12.5 Å². The molecule has 0 N–H and O–H groups in total. The maximum Gasteiger partial charge on any atom is 0.260 e. The number of pyridine rings is 1. The van der Waals surface area contributed by atoms with E-state index in [1.807, 2.05) is 29.2 Å². The molecule has 0 atom stereocenters. The van der Waals surface area contributed by atoms with Crippen LogP contribution < -0.4 is 4.74 Å². The van der Waals surface area contributed by atoms with Gasteiger partial charge in [-0.15, -0.1) is 0 Å². The molecule has 1 aromatic carbocycles. The lowest BCUT2D eigenvalue weighted by atomic mass is 9.95. The Labute approximate surface area is 173 Å². The summed E-state index contributed by atoms with van der Waals surface area (Å²) >= 11 is 0. The number of hydrogen-bond donors (Lipinski definition) is 0. The second-order valence-electron chi connectivity index (χ2n) is 7.72. The van der Waals surface area contributed by atoms with Crippen LogP contribution in [0.2, 0.25) is 0 Å². The maximum atomic E-state index is 12.6. The van der Waals surface area contributed by atoms with Gasteiger partial charge in [-0.3, -0.25) is 14.7 Å². The number of piperazine rings is 1. The number of rotatable bonds is 6.